The number of halogens is 2. The van der Waals surface area contributed by atoms with Crippen molar-refractivity contribution in [2.45, 2.75) is 57.5 Å². The zero-order chi connectivity index (χ0) is 13.1. The topological polar surface area (TPSA) is 6.48 Å². The van der Waals surface area contributed by atoms with E-state index in [2.05, 4.69) is 24.6 Å². The molecule has 1 saturated heterocycles. The molecule has 106 valence electrons. The lowest BCUT2D eigenvalue weighted by molar-refractivity contribution is -0.0110. The van der Waals surface area contributed by atoms with E-state index in [0.717, 1.165) is 31.8 Å². The van der Waals surface area contributed by atoms with Gasteiger partial charge in [0.1, 0.15) is 0 Å². The van der Waals surface area contributed by atoms with Gasteiger partial charge in [-0.15, -0.1) is 0 Å². The molecular formula is C13H24F2N2S. The molecule has 5 heteroatoms. The first-order valence-electron chi connectivity index (χ1n) is 7.07. The van der Waals surface area contributed by atoms with Gasteiger partial charge in [-0.3, -0.25) is 9.21 Å². The molecule has 1 heterocycles. The zero-order valence-electron chi connectivity index (χ0n) is 11.1. The van der Waals surface area contributed by atoms with Crippen molar-refractivity contribution in [1.29, 1.82) is 0 Å². The average molecular weight is 278 g/mol. The van der Waals surface area contributed by atoms with Crippen LogP contribution in [0.25, 0.3) is 0 Å². The summed E-state index contributed by atoms with van der Waals surface area (Å²) in [6.45, 7) is 3.81. The van der Waals surface area contributed by atoms with Crippen molar-refractivity contribution in [3.63, 3.8) is 0 Å². The Morgan fingerprint density at radius 2 is 1.78 bits per heavy atom. The maximum absolute atomic E-state index is 12.7. The summed E-state index contributed by atoms with van der Waals surface area (Å²) < 4.78 is 27.4. The molecule has 1 aliphatic heterocycles. The third-order valence-corrected chi connectivity index (χ3v) is 4.85. The van der Waals surface area contributed by atoms with Crippen molar-refractivity contribution < 1.29 is 8.78 Å². The van der Waals surface area contributed by atoms with Crippen LogP contribution in [-0.4, -0.2) is 47.3 Å². The fourth-order valence-electron chi connectivity index (χ4n) is 3.28. The van der Waals surface area contributed by atoms with Crippen LogP contribution in [0.3, 0.4) is 0 Å². The lowest BCUT2D eigenvalue weighted by Gasteiger charge is -2.47. The van der Waals surface area contributed by atoms with Crippen LogP contribution < -0.4 is 0 Å². The molecule has 18 heavy (non-hydrogen) atoms. The Bertz CT molecular complexity index is 251. The molecule has 0 bridgehead atoms. The minimum Gasteiger partial charge on any atom is -0.289 e. The molecule has 2 aliphatic rings. The summed E-state index contributed by atoms with van der Waals surface area (Å²) in [6, 6.07) is 0.661. The molecule has 0 amide bonds. The van der Waals surface area contributed by atoms with Gasteiger partial charge in [0.2, 0.25) is 0 Å². The SMILES string of the molecule is CC[C@H]1CC[C@H](N(CC(F)F)C2CN(S)C2)CC1. The van der Waals surface area contributed by atoms with Crippen LogP contribution in [-0.2, 0) is 0 Å². The maximum Gasteiger partial charge on any atom is 0.251 e. The monoisotopic (exact) mass is 278 g/mol. The Labute approximate surface area is 114 Å². The van der Waals surface area contributed by atoms with E-state index >= 15 is 0 Å². The molecule has 0 atom stereocenters. The van der Waals surface area contributed by atoms with E-state index in [1.54, 1.807) is 0 Å². The molecule has 0 aromatic heterocycles. The second kappa shape index (κ2) is 6.53. The van der Waals surface area contributed by atoms with Crippen molar-refractivity contribution in [3.05, 3.63) is 0 Å². The number of alkyl halides is 2. The van der Waals surface area contributed by atoms with Crippen molar-refractivity contribution in [2.75, 3.05) is 19.6 Å². The van der Waals surface area contributed by atoms with Crippen LogP contribution in [0, 0.1) is 5.92 Å². The van der Waals surface area contributed by atoms with Crippen LogP contribution >= 0.6 is 12.8 Å². The number of hydrogen-bond acceptors (Lipinski definition) is 3. The lowest BCUT2D eigenvalue weighted by Crippen LogP contribution is -2.60. The van der Waals surface area contributed by atoms with Crippen LogP contribution in [0.15, 0.2) is 0 Å². The zero-order valence-corrected chi connectivity index (χ0v) is 12.0. The molecule has 0 unspecified atom stereocenters. The molecule has 0 N–H and O–H groups in total. The Hall–Kier alpha value is 0.130. The van der Waals surface area contributed by atoms with Crippen molar-refractivity contribution in [2.24, 2.45) is 5.92 Å². The van der Waals surface area contributed by atoms with Crippen LogP contribution in [0.4, 0.5) is 8.78 Å². The van der Waals surface area contributed by atoms with Gasteiger partial charge in [-0.2, -0.15) is 0 Å². The highest BCUT2D eigenvalue weighted by Gasteiger charge is 2.36. The van der Waals surface area contributed by atoms with Gasteiger partial charge in [-0.05, 0) is 31.6 Å². The van der Waals surface area contributed by atoms with Crippen LogP contribution in [0.1, 0.15) is 39.0 Å². The molecule has 1 aliphatic carbocycles. The highest BCUT2D eigenvalue weighted by Crippen LogP contribution is 2.32. The summed E-state index contributed by atoms with van der Waals surface area (Å²) in [4.78, 5) is 2.06. The molecule has 0 aromatic rings. The summed E-state index contributed by atoms with van der Waals surface area (Å²) in [5.41, 5.74) is 0. The second-order valence-electron chi connectivity index (χ2n) is 5.70. The largest absolute Gasteiger partial charge is 0.289 e. The van der Waals surface area contributed by atoms with E-state index in [1.165, 1.54) is 19.3 Å². The average Bonchev–Trinajstić information content (AvgIpc) is 2.32. The summed E-state index contributed by atoms with van der Waals surface area (Å²) >= 11 is 4.24. The summed E-state index contributed by atoms with van der Waals surface area (Å²) in [5, 5.41) is 0. The van der Waals surface area contributed by atoms with Gasteiger partial charge in [-0.1, -0.05) is 26.2 Å². The van der Waals surface area contributed by atoms with E-state index in [1.807, 2.05) is 4.31 Å². The van der Waals surface area contributed by atoms with Gasteiger partial charge in [-0.25, -0.2) is 8.78 Å². The summed E-state index contributed by atoms with van der Waals surface area (Å²) in [6.07, 6.45) is 3.61. The first kappa shape index (κ1) is 14.5. The standard InChI is InChI=1S/C13H24F2N2S/c1-2-10-3-5-11(6-4-10)17(9-13(14)15)12-7-16(18)8-12/h10-13,18H,2-9H2,1H3/t10-,11-. The van der Waals surface area contributed by atoms with Crippen LogP contribution in [0.2, 0.25) is 0 Å². The predicted octanol–water partition coefficient (Wildman–Crippen LogP) is 3.05. The molecule has 2 nitrogen and oxygen atoms in total. The first-order chi connectivity index (χ1) is 8.60. The number of hydrogen-bond donors (Lipinski definition) is 1. The van der Waals surface area contributed by atoms with Gasteiger partial charge in [0.05, 0.1) is 6.54 Å². The molecule has 0 aromatic carbocycles. The van der Waals surface area contributed by atoms with E-state index < -0.39 is 6.43 Å². The minimum absolute atomic E-state index is 0.0618. The Kier molecular flexibility index (Phi) is 5.27. The maximum atomic E-state index is 12.7. The molecule has 2 rings (SSSR count). The predicted molar refractivity (Wildman–Crippen MR) is 73.1 cm³/mol. The third kappa shape index (κ3) is 3.58. The molecule has 0 radical (unpaired) electrons. The highest BCUT2D eigenvalue weighted by molar-refractivity contribution is 7.77. The second-order valence-corrected chi connectivity index (χ2v) is 6.26. The number of thiol groups is 1. The van der Waals surface area contributed by atoms with Gasteiger partial charge in [0.25, 0.3) is 6.43 Å². The van der Waals surface area contributed by atoms with Gasteiger partial charge >= 0.3 is 0 Å². The van der Waals surface area contributed by atoms with E-state index in [9.17, 15) is 8.78 Å². The Balaban J connectivity index is 1.88. The first-order valence-corrected chi connectivity index (χ1v) is 7.47. The highest BCUT2D eigenvalue weighted by atomic mass is 32.1. The van der Waals surface area contributed by atoms with Gasteiger partial charge in [0, 0.05) is 25.2 Å². The Morgan fingerprint density at radius 3 is 2.22 bits per heavy atom. The van der Waals surface area contributed by atoms with E-state index in [4.69, 9.17) is 0 Å². The van der Waals surface area contributed by atoms with Crippen LogP contribution in [0.5, 0.6) is 0 Å². The van der Waals surface area contributed by atoms with Gasteiger partial charge < -0.3 is 0 Å². The van der Waals surface area contributed by atoms with Crippen molar-refractivity contribution in [3.8, 4) is 0 Å². The van der Waals surface area contributed by atoms with Crippen molar-refractivity contribution >= 4 is 12.8 Å². The van der Waals surface area contributed by atoms with Crippen molar-refractivity contribution in [1.82, 2.24) is 9.21 Å². The smallest absolute Gasteiger partial charge is 0.251 e. The molecular weight excluding hydrogens is 254 g/mol. The van der Waals surface area contributed by atoms with E-state index in [-0.39, 0.29) is 6.54 Å². The van der Waals surface area contributed by atoms with E-state index in [0.29, 0.717) is 12.1 Å². The Morgan fingerprint density at radius 1 is 1.17 bits per heavy atom. The summed E-state index contributed by atoms with van der Waals surface area (Å²) in [5.74, 6) is 0.817. The normalized spacial score (nSPS) is 31.0. The minimum atomic E-state index is -2.22. The van der Waals surface area contributed by atoms with Gasteiger partial charge in [0.15, 0.2) is 0 Å². The lowest BCUT2D eigenvalue weighted by atomic mass is 9.83. The quantitative estimate of drug-likeness (QED) is 0.772. The fourth-order valence-corrected chi connectivity index (χ4v) is 3.66. The fraction of sp³-hybridized carbons (Fsp3) is 1.00. The molecule has 1 saturated carbocycles. The number of rotatable bonds is 5. The third-order valence-electron chi connectivity index (χ3n) is 4.52. The molecule has 0 spiro atoms. The summed E-state index contributed by atoms with van der Waals surface area (Å²) in [7, 11) is 0. The molecule has 2 fully saturated rings. The number of nitrogens with zero attached hydrogens (tertiary/aromatic N) is 2.